The van der Waals surface area contributed by atoms with Crippen LogP contribution < -0.4 is 5.32 Å². The van der Waals surface area contributed by atoms with Crippen LogP contribution in [-0.2, 0) is 36.9 Å². The molecule has 262 valence electrons. The van der Waals surface area contributed by atoms with Gasteiger partial charge in [-0.2, -0.15) is 26.3 Å². The topological polar surface area (TPSA) is 94.1 Å². The number of aryl methyl sites for hydroxylation is 1. The number of esters is 1. The van der Waals surface area contributed by atoms with Gasteiger partial charge in [-0.15, -0.1) is 0 Å². The summed E-state index contributed by atoms with van der Waals surface area (Å²) in [5.41, 5.74) is -5.52. The highest BCUT2D eigenvalue weighted by Gasteiger charge is 2.50. The summed E-state index contributed by atoms with van der Waals surface area (Å²) < 4.78 is 98.7. The highest BCUT2D eigenvalue weighted by molar-refractivity contribution is 5.80. The molecular formula is C35H39F6NO6. The van der Waals surface area contributed by atoms with Crippen LogP contribution in [0.2, 0.25) is 0 Å². The number of hydrogen-bond acceptors (Lipinski definition) is 6. The Hall–Kier alpha value is -4.10. The zero-order valence-corrected chi connectivity index (χ0v) is 27.3. The monoisotopic (exact) mass is 683 g/mol. The predicted molar refractivity (Wildman–Crippen MR) is 165 cm³/mol. The number of aliphatic hydroxyl groups excluding tert-OH is 1. The first-order valence-corrected chi connectivity index (χ1v) is 15.1. The highest BCUT2D eigenvalue weighted by Crippen LogP contribution is 2.40. The summed E-state index contributed by atoms with van der Waals surface area (Å²) in [7, 11) is 0. The van der Waals surface area contributed by atoms with E-state index in [9.17, 15) is 41.0 Å². The van der Waals surface area contributed by atoms with Crippen molar-refractivity contribution in [2.24, 2.45) is 0 Å². The predicted octanol–water partition coefficient (Wildman–Crippen LogP) is 8.24. The van der Waals surface area contributed by atoms with Crippen LogP contribution in [0.4, 0.5) is 31.1 Å². The van der Waals surface area contributed by atoms with E-state index in [1.807, 2.05) is 0 Å². The molecule has 3 aromatic carbocycles. The summed E-state index contributed by atoms with van der Waals surface area (Å²) in [6, 6.07) is 15.5. The summed E-state index contributed by atoms with van der Waals surface area (Å²) in [6.45, 7) is 8.47. The molecule has 0 saturated carbocycles. The quantitative estimate of drug-likeness (QED) is 0.156. The van der Waals surface area contributed by atoms with E-state index in [-0.39, 0.29) is 18.2 Å². The lowest BCUT2D eigenvalue weighted by Gasteiger charge is -2.42. The number of carbonyl (C=O) groups excluding carboxylic acids is 2. The van der Waals surface area contributed by atoms with Crippen molar-refractivity contribution in [2.45, 2.75) is 83.2 Å². The standard InChI is InChI=1S/C35H39F6NO6/c1-7-46-30(44)28(27-16-12-11-13-21(27)2)29(43)33(24-14-9-8-10-15-24,42-31(45)48-32(4,5)6)20-47-22(3)23-17-25(34(36,37)38)19-26(18-23)35(39,40)41/h8-19,22,28-29,43H,7,20H2,1-6H3,(H,42,45)/t22-,28?,29?,33-/m1/s1. The molecule has 3 rings (SSSR count). The molecule has 7 nitrogen and oxygen atoms in total. The van der Waals surface area contributed by atoms with E-state index in [1.165, 1.54) is 19.1 Å². The van der Waals surface area contributed by atoms with Gasteiger partial charge in [0.15, 0.2) is 0 Å². The molecule has 0 fully saturated rings. The summed E-state index contributed by atoms with van der Waals surface area (Å²) in [5, 5.41) is 15.0. The van der Waals surface area contributed by atoms with E-state index < -0.39 is 77.0 Å². The SMILES string of the molecule is CCOC(=O)C(c1ccccc1C)C(O)[C@](CO[C@H](C)c1cc(C(F)(F)F)cc(C(F)(F)F)c1)(NC(=O)OC(C)(C)C)c1ccccc1. The Morgan fingerprint density at radius 3 is 1.88 bits per heavy atom. The number of alkyl carbamates (subject to hydrolysis) is 1. The number of carbonyl (C=O) groups is 2. The minimum absolute atomic E-state index is 0.00440. The Morgan fingerprint density at radius 1 is 0.833 bits per heavy atom. The van der Waals surface area contributed by atoms with Crippen molar-refractivity contribution in [1.29, 1.82) is 0 Å². The van der Waals surface area contributed by atoms with Gasteiger partial charge in [-0.25, -0.2) is 4.79 Å². The lowest BCUT2D eigenvalue weighted by atomic mass is 9.75. The van der Waals surface area contributed by atoms with E-state index >= 15 is 0 Å². The van der Waals surface area contributed by atoms with Gasteiger partial charge in [-0.3, -0.25) is 4.79 Å². The molecule has 0 bridgehead atoms. The molecule has 0 aliphatic carbocycles. The maximum absolute atomic E-state index is 13.7. The fourth-order valence-electron chi connectivity index (χ4n) is 5.19. The van der Waals surface area contributed by atoms with Gasteiger partial charge < -0.3 is 24.6 Å². The van der Waals surface area contributed by atoms with Crippen molar-refractivity contribution < 1.29 is 55.2 Å². The average molecular weight is 684 g/mol. The number of benzene rings is 3. The Bertz CT molecular complexity index is 1520. The summed E-state index contributed by atoms with van der Waals surface area (Å²) in [4.78, 5) is 27.0. The van der Waals surface area contributed by atoms with E-state index in [4.69, 9.17) is 14.2 Å². The Kier molecular flexibility index (Phi) is 12.0. The Labute approximate surface area is 275 Å². The first kappa shape index (κ1) is 38.3. The van der Waals surface area contributed by atoms with E-state index in [0.717, 1.165) is 0 Å². The minimum Gasteiger partial charge on any atom is -0.465 e. The van der Waals surface area contributed by atoms with Gasteiger partial charge >= 0.3 is 24.4 Å². The van der Waals surface area contributed by atoms with Crippen LogP contribution in [0.25, 0.3) is 0 Å². The third-order valence-electron chi connectivity index (χ3n) is 7.54. The van der Waals surface area contributed by atoms with Crippen LogP contribution in [0.3, 0.4) is 0 Å². The molecule has 48 heavy (non-hydrogen) atoms. The van der Waals surface area contributed by atoms with Crippen LogP contribution >= 0.6 is 0 Å². The lowest BCUT2D eigenvalue weighted by Crippen LogP contribution is -2.60. The highest BCUT2D eigenvalue weighted by atomic mass is 19.4. The molecule has 0 aliphatic heterocycles. The second-order valence-corrected chi connectivity index (χ2v) is 12.3. The van der Waals surface area contributed by atoms with Gasteiger partial charge in [-0.1, -0.05) is 54.6 Å². The number of halogens is 6. The van der Waals surface area contributed by atoms with Crippen LogP contribution in [0, 0.1) is 6.92 Å². The van der Waals surface area contributed by atoms with Crippen molar-refractivity contribution in [3.05, 3.63) is 106 Å². The second kappa shape index (κ2) is 15.0. The van der Waals surface area contributed by atoms with Crippen LogP contribution in [-0.4, -0.2) is 42.1 Å². The fraction of sp³-hybridized carbons (Fsp3) is 0.429. The number of rotatable bonds is 11. The maximum Gasteiger partial charge on any atom is 0.416 e. The molecule has 3 aromatic rings. The third kappa shape index (κ3) is 9.50. The first-order valence-electron chi connectivity index (χ1n) is 15.1. The fourth-order valence-corrected chi connectivity index (χ4v) is 5.19. The largest absolute Gasteiger partial charge is 0.465 e. The molecule has 0 saturated heterocycles. The number of hydrogen-bond donors (Lipinski definition) is 2. The molecule has 2 N–H and O–H groups in total. The van der Waals surface area contributed by atoms with Crippen molar-refractivity contribution >= 4 is 12.1 Å². The van der Waals surface area contributed by atoms with E-state index in [0.29, 0.717) is 23.3 Å². The zero-order chi connectivity index (χ0) is 36.1. The molecule has 0 aromatic heterocycles. The molecule has 0 spiro atoms. The zero-order valence-electron chi connectivity index (χ0n) is 27.3. The summed E-state index contributed by atoms with van der Waals surface area (Å²) >= 11 is 0. The maximum atomic E-state index is 13.7. The molecule has 4 atom stereocenters. The molecular weight excluding hydrogens is 644 g/mol. The first-order chi connectivity index (χ1) is 22.2. The molecule has 2 unspecified atom stereocenters. The van der Waals surface area contributed by atoms with Crippen molar-refractivity contribution in [3.8, 4) is 0 Å². The summed E-state index contributed by atoms with van der Waals surface area (Å²) in [6.07, 6.45) is -14.6. The smallest absolute Gasteiger partial charge is 0.416 e. The summed E-state index contributed by atoms with van der Waals surface area (Å²) in [5.74, 6) is -2.31. The molecule has 0 aliphatic rings. The second-order valence-electron chi connectivity index (χ2n) is 12.3. The van der Waals surface area contributed by atoms with Crippen molar-refractivity contribution in [3.63, 3.8) is 0 Å². The van der Waals surface area contributed by atoms with Gasteiger partial charge in [-0.05, 0) is 82.0 Å². The van der Waals surface area contributed by atoms with Gasteiger partial charge in [0.05, 0.1) is 30.4 Å². The number of ether oxygens (including phenoxy) is 3. The normalized spacial score (nSPS) is 15.5. The third-order valence-corrected chi connectivity index (χ3v) is 7.54. The van der Waals surface area contributed by atoms with Gasteiger partial charge in [0.2, 0.25) is 0 Å². The van der Waals surface area contributed by atoms with Crippen molar-refractivity contribution in [2.75, 3.05) is 13.2 Å². The van der Waals surface area contributed by atoms with Crippen LogP contribution in [0.5, 0.6) is 0 Å². The number of amides is 1. The van der Waals surface area contributed by atoms with Gasteiger partial charge in [0.25, 0.3) is 0 Å². The van der Waals surface area contributed by atoms with E-state index in [1.54, 1.807) is 77.1 Å². The minimum atomic E-state index is -5.10. The number of alkyl halides is 6. The Balaban J connectivity index is 2.24. The average Bonchev–Trinajstić information content (AvgIpc) is 2.98. The van der Waals surface area contributed by atoms with Crippen LogP contribution in [0.1, 0.15) is 80.0 Å². The molecule has 13 heteroatoms. The van der Waals surface area contributed by atoms with Crippen molar-refractivity contribution in [1.82, 2.24) is 5.32 Å². The van der Waals surface area contributed by atoms with Crippen LogP contribution in [0.15, 0.2) is 72.8 Å². The Morgan fingerprint density at radius 2 is 1.38 bits per heavy atom. The number of aliphatic hydroxyl groups is 1. The number of nitrogens with one attached hydrogen (secondary N) is 1. The molecule has 1 amide bonds. The van der Waals surface area contributed by atoms with Gasteiger partial charge in [0.1, 0.15) is 23.2 Å². The van der Waals surface area contributed by atoms with Gasteiger partial charge in [0, 0.05) is 0 Å². The van der Waals surface area contributed by atoms with E-state index in [2.05, 4.69) is 5.32 Å². The molecule has 0 heterocycles. The molecule has 0 radical (unpaired) electrons. The lowest BCUT2D eigenvalue weighted by molar-refractivity contribution is -0.151.